The van der Waals surface area contributed by atoms with E-state index < -0.39 is 0 Å². The third kappa shape index (κ3) is 2.64. The van der Waals surface area contributed by atoms with Crippen LogP contribution in [0.1, 0.15) is 5.56 Å². The van der Waals surface area contributed by atoms with E-state index in [9.17, 15) is 0 Å². The van der Waals surface area contributed by atoms with E-state index in [4.69, 9.17) is 0 Å². The molecule has 0 bridgehead atoms. The molecular formula is C15H18NS+. The molecule has 1 N–H and O–H groups in total. The molecule has 1 heterocycles. The van der Waals surface area contributed by atoms with Crippen LogP contribution in [0.2, 0.25) is 0 Å². The Labute approximate surface area is 107 Å². The summed E-state index contributed by atoms with van der Waals surface area (Å²) in [6, 6.07) is 15.5. The zero-order valence-electron chi connectivity index (χ0n) is 9.99. The van der Waals surface area contributed by atoms with Crippen molar-refractivity contribution in [2.45, 2.75) is 6.54 Å². The second-order valence-electron chi connectivity index (χ2n) is 4.72. The summed E-state index contributed by atoms with van der Waals surface area (Å²) in [5, 5.41) is 2.72. The Balaban J connectivity index is 1.80. The number of nitrogens with one attached hydrogen (secondary N) is 1. The first-order valence-electron chi connectivity index (χ1n) is 6.31. The van der Waals surface area contributed by atoms with Crippen molar-refractivity contribution in [1.29, 1.82) is 0 Å². The summed E-state index contributed by atoms with van der Waals surface area (Å²) in [6.07, 6.45) is 0. The highest BCUT2D eigenvalue weighted by Gasteiger charge is 2.13. The second-order valence-corrected chi connectivity index (χ2v) is 5.95. The lowest BCUT2D eigenvalue weighted by molar-refractivity contribution is -0.910. The first-order valence-corrected chi connectivity index (χ1v) is 7.46. The normalized spacial score (nSPS) is 17.4. The first-order chi connectivity index (χ1) is 8.42. The number of rotatable bonds is 2. The Morgan fingerprint density at radius 3 is 2.53 bits per heavy atom. The van der Waals surface area contributed by atoms with Crippen LogP contribution in [0.4, 0.5) is 0 Å². The van der Waals surface area contributed by atoms with Crippen molar-refractivity contribution in [3.8, 4) is 0 Å². The van der Waals surface area contributed by atoms with Gasteiger partial charge in [-0.25, -0.2) is 0 Å². The molecule has 1 fully saturated rings. The van der Waals surface area contributed by atoms with E-state index in [2.05, 4.69) is 54.2 Å². The van der Waals surface area contributed by atoms with Gasteiger partial charge in [0.2, 0.25) is 0 Å². The molecular weight excluding hydrogens is 226 g/mol. The second kappa shape index (κ2) is 5.11. The molecule has 0 atom stereocenters. The van der Waals surface area contributed by atoms with Crippen LogP contribution in [-0.2, 0) is 6.54 Å². The Bertz CT molecular complexity index is 503. The van der Waals surface area contributed by atoms with Gasteiger partial charge < -0.3 is 4.90 Å². The summed E-state index contributed by atoms with van der Waals surface area (Å²) in [5.41, 5.74) is 1.48. The molecule has 1 aliphatic heterocycles. The van der Waals surface area contributed by atoms with Crippen LogP contribution in [0.5, 0.6) is 0 Å². The van der Waals surface area contributed by atoms with Crippen LogP contribution >= 0.6 is 11.8 Å². The third-order valence-corrected chi connectivity index (χ3v) is 4.45. The molecule has 2 aromatic carbocycles. The lowest BCUT2D eigenvalue weighted by atomic mass is 10.1. The lowest BCUT2D eigenvalue weighted by Gasteiger charge is -2.23. The highest BCUT2D eigenvalue weighted by atomic mass is 32.2. The van der Waals surface area contributed by atoms with Crippen molar-refractivity contribution in [2.75, 3.05) is 24.6 Å². The van der Waals surface area contributed by atoms with Gasteiger partial charge in [-0.05, 0) is 16.8 Å². The number of fused-ring (bicyclic) bond motifs is 1. The number of quaternary nitrogens is 1. The minimum absolute atomic E-state index is 1.19. The molecule has 0 unspecified atom stereocenters. The maximum Gasteiger partial charge on any atom is 0.103 e. The van der Waals surface area contributed by atoms with Crippen molar-refractivity contribution in [1.82, 2.24) is 0 Å². The van der Waals surface area contributed by atoms with Gasteiger partial charge in [0.25, 0.3) is 0 Å². The molecule has 0 aromatic heterocycles. The average Bonchev–Trinajstić information content (AvgIpc) is 2.40. The molecule has 88 valence electrons. The molecule has 0 aliphatic carbocycles. The van der Waals surface area contributed by atoms with E-state index in [1.807, 2.05) is 0 Å². The summed E-state index contributed by atoms with van der Waals surface area (Å²) in [7, 11) is 0. The van der Waals surface area contributed by atoms with Crippen LogP contribution in [0, 0.1) is 0 Å². The van der Waals surface area contributed by atoms with Crippen molar-refractivity contribution in [3.63, 3.8) is 0 Å². The van der Waals surface area contributed by atoms with Crippen LogP contribution in [0.15, 0.2) is 42.5 Å². The molecule has 2 heteroatoms. The van der Waals surface area contributed by atoms with Crippen LogP contribution in [0.25, 0.3) is 10.8 Å². The Morgan fingerprint density at radius 2 is 1.71 bits per heavy atom. The van der Waals surface area contributed by atoms with E-state index in [0.29, 0.717) is 0 Å². The van der Waals surface area contributed by atoms with Gasteiger partial charge >= 0.3 is 0 Å². The van der Waals surface area contributed by atoms with Crippen molar-refractivity contribution in [2.24, 2.45) is 0 Å². The minimum Gasteiger partial charge on any atom is -0.330 e. The van der Waals surface area contributed by atoms with Crippen molar-refractivity contribution < 1.29 is 4.90 Å². The van der Waals surface area contributed by atoms with E-state index in [1.165, 1.54) is 47.5 Å². The monoisotopic (exact) mass is 244 g/mol. The standard InChI is InChI=1S/C15H17NS/c1-2-4-15-11-13(5-6-14(15)3-1)12-16-7-9-17-10-8-16/h1-6,11H,7-10,12H2/p+1. The minimum atomic E-state index is 1.19. The van der Waals surface area contributed by atoms with Crippen molar-refractivity contribution in [3.05, 3.63) is 48.0 Å². The van der Waals surface area contributed by atoms with Gasteiger partial charge in [0, 0.05) is 17.1 Å². The molecule has 2 aromatic rings. The predicted octanol–water partition coefficient (Wildman–Crippen LogP) is 1.97. The fourth-order valence-electron chi connectivity index (χ4n) is 2.47. The topological polar surface area (TPSA) is 4.44 Å². The highest BCUT2D eigenvalue weighted by Crippen LogP contribution is 2.15. The smallest absolute Gasteiger partial charge is 0.103 e. The number of hydrogen-bond acceptors (Lipinski definition) is 1. The molecule has 1 nitrogen and oxygen atoms in total. The van der Waals surface area contributed by atoms with Gasteiger partial charge in [0.05, 0.1) is 13.1 Å². The Kier molecular flexibility index (Phi) is 3.34. The summed E-state index contributed by atoms with van der Waals surface area (Å²) in [6.45, 7) is 3.82. The number of benzene rings is 2. The Hall–Kier alpha value is -0.990. The summed E-state index contributed by atoms with van der Waals surface area (Å²) in [5.74, 6) is 2.64. The van der Waals surface area contributed by atoms with Crippen molar-refractivity contribution >= 4 is 22.5 Å². The highest BCUT2D eigenvalue weighted by molar-refractivity contribution is 7.99. The van der Waals surface area contributed by atoms with E-state index >= 15 is 0 Å². The maximum atomic E-state index is 2.35. The largest absolute Gasteiger partial charge is 0.330 e. The predicted molar refractivity (Wildman–Crippen MR) is 75.7 cm³/mol. The van der Waals surface area contributed by atoms with Gasteiger partial charge in [0.1, 0.15) is 6.54 Å². The summed E-state index contributed by atoms with van der Waals surface area (Å²) >= 11 is 2.09. The van der Waals surface area contributed by atoms with Gasteiger partial charge in [-0.15, -0.1) is 0 Å². The average molecular weight is 244 g/mol. The molecule has 17 heavy (non-hydrogen) atoms. The van der Waals surface area contributed by atoms with E-state index in [0.717, 1.165) is 0 Å². The summed E-state index contributed by atoms with van der Waals surface area (Å²) < 4.78 is 0. The molecule has 0 radical (unpaired) electrons. The molecule has 3 rings (SSSR count). The zero-order valence-corrected chi connectivity index (χ0v) is 10.8. The molecule has 1 saturated heterocycles. The lowest BCUT2D eigenvalue weighted by Crippen LogP contribution is -3.12. The number of hydrogen-bond donors (Lipinski definition) is 1. The van der Waals surface area contributed by atoms with Crippen LogP contribution in [-0.4, -0.2) is 24.6 Å². The van der Waals surface area contributed by atoms with Gasteiger partial charge in [-0.1, -0.05) is 36.4 Å². The molecule has 0 amide bonds. The van der Waals surface area contributed by atoms with E-state index in [1.54, 1.807) is 4.90 Å². The SMILES string of the molecule is c1ccc2cc(C[NH+]3CCSCC3)ccc2c1. The van der Waals surface area contributed by atoms with Crippen LogP contribution in [0.3, 0.4) is 0 Å². The fraction of sp³-hybridized carbons (Fsp3) is 0.333. The number of thioether (sulfide) groups is 1. The Morgan fingerprint density at radius 1 is 0.941 bits per heavy atom. The first kappa shape index (κ1) is 11.1. The van der Waals surface area contributed by atoms with Gasteiger partial charge in [-0.3, -0.25) is 0 Å². The molecule has 1 aliphatic rings. The quantitative estimate of drug-likeness (QED) is 0.846. The molecule has 0 spiro atoms. The van der Waals surface area contributed by atoms with Crippen LogP contribution < -0.4 is 4.90 Å². The summed E-state index contributed by atoms with van der Waals surface area (Å²) in [4.78, 5) is 1.74. The third-order valence-electron chi connectivity index (χ3n) is 3.47. The zero-order chi connectivity index (χ0) is 11.5. The fourth-order valence-corrected chi connectivity index (χ4v) is 3.54. The maximum absolute atomic E-state index is 2.35. The molecule has 0 saturated carbocycles. The van der Waals surface area contributed by atoms with Gasteiger partial charge in [-0.2, -0.15) is 11.8 Å². The van der Waals surface area contributed by atoms with E-state index in [-0.39, 0.29) is 0 Å². The van der Waals surface area contributed by atoms with Gasteiger partial charge in [0.15, 0.2) is 0 Å².